The first-order valence-electron chi connectivity index (χ1n) is 19.8. The van der Waals surface area contributed by atoms with E-state index in [0.29, 0.717) is 23.8 Å². The lowest BCUT2D eigenvalue weighted by molar-refractivity contribution is -0.147. The number of ether oxygens (including phenoxy) is 1. The number of rotatable bonds is 12. The average Bonchev–Trinajstić information content (AvgIpc) is 3.84. The van der Waals surface area contributed by atoms with Gasteiger partial charge in [-0.2, -0.15) is 0 Å². The molecule has 9 nitrogen and oxygen atoms in total. The van der Waals surface area contributed by atoms with Crippen molar-refractivity contribution in [3.8, 4) is 0 Å². The maximum Gasteiger partial charge on any atom is 0.246 e. The van der Waals surface area contributed by atoms with Gasteiger partial charge in [0, 0.05) is 24.4 Å². The van der Waals surface area contributed by atoms with Gasteiger partial charge < -0.3 is 30.8 Å². The molecular formula is C40H64N4O5. The maximum absolute atomic E-state index is 13.6. The number of morpholine rings is 1. The second-order valence-corrected chi connectivity index (χ2v) is 15.8. The number of nitrogens with two attached hydrogens (primary N) is 1. The SMILES string of the molecule is C=O.CC1C2=C3CCC(=C1CC2)C3NC(=O)C1CCC(CN(C(=O)C2CCC3NC(=O)COC3C2)C2CC2)CC1.CCCCCCCCN. The summed E-state index contributed by atoms with van der Waals surface area (Å²) in [5.74, 6) is 1.74. The number of amides is 3. The predicted molar refractivity (Wildman–Crippen MR) is 192 cm³/mol. The molecule has 4 bridgehead atoms. The third-order valence-corrected chi connectivity index (χ3v) is 12.6. The van der Waals surface area contributed by atoms with E-state index in [9.17, 15) is 14.4 Å². The minimum Gasteiger partial charge on any atom is -0.366 e. The van der Waals surface area contributed by atoms with Crippen LogP contribution in [0.5, 0.6) is 0 Å². The molecule has 0 aromatic heterocycles. The first-order chi connectivity index (χ1) is 23.9. The van der Waals surface area contributed by atoms with Crippen molar-refractivity contribution in [1.29, 1.82) is 0 Å². The molecule has 1 aliphatic heterocycles. The van der Waals surface area contributed by atoms with Gasteiger partial charge in [0.2, 0.25) is 17.7 Å². The van der Waals surface area contributed by atoms with Crippen LogP contribution in [-0.2, 0) is 23.9 Å². The predicted octanol–water partition coefficient (Wildman–Crippen LogP) is 5.90. The van der Waals surface area contributed by atoms with E-state index in [1.165, 1.54) is 62.5 Å². The molecule has 274 valence electrons. The largest absolute Gasteiger partial charge is 0.366 e. The Bertz CT molecular complexity index is 1180. The number of carbonyl (C=O) groups excluding carboxylic acids is 4. The summed E-state index contributed by atoms with van der Waals surface area (Å²) in [4.78, 5) is 48.8. The van der Waals surface area contributed by atoms with E-state index in [4.69, 9.17) is 15.3 Å². The Hall–Kier alpha value is -2.52. The lowest BCUT2D eigenvalue weighted by atomic mass is 9.79. The molecule has 6 fully saturated rings. The van der Waals surface area contributed by atoms with E-state index < -0.39 is 0 Å². The summed E-state index contributed by atoms with van der Waals surface area (Å²) in [7, 11) is 0. The smallest absolute Gasteiger partial charge is 0.246 e. The zero-order valence-electron chi connectivity index (χ0n) is 30.4. The summed E-state index contributed by atoms with van der Waals surface area (Å²) >= 11 is 0. The fourth-order valence-corrected chi connectivity index (χ4v) is 9.67. The number of nitrogens with one attached hydrogen (secondary N) is 2. The van der Waals surface area contributed by atoms with Crippen LogP contribution in [0.4, 0.5) is 0 Å². The van der Waals surface area contributed by atoms with Crippen LogP contribution >= 0.6 is 0 Å². The third-order valence-electron chi connectivity index (χ3n) is 12.6. The molecule has 49 heavy (non-hydrogen) atoms. The molecule has 1 saturated heterocycles. The zero-order chi connectivity index (χ0) is 34.9. The van der Waals surface area contributed by atoms with Gasteiger partial charge in [0.25, 0.3) is 0 Å². The first-order valence-corrected chi connectivity index (χ1v) is 19.8. The van der Waals surface area contributed by atoms with Gasteiger partial charge in [-0.05, 0) is 119 Å². The van der Waals surface area contributed by atoms with Gasteiger partial charge >= 0.3 is 0 Å². The van der Waals surface area contributed by atoms with Crippen molar-refractivity contribution in [2.24, 2.45) is 29.4 Å². The second-order valence-electron chi connectivity index (χ2n) is 15.8. The van der Waals surface area contributed by atoms with E-state index in [1.54, 1.807) is 11.1 Å². The van der Waals surface area contributed by atoms with E-state index in [2.05, 4.69) is 29.4 Å². The summed E-state index contributed by atoms with van der Waals surface area (Å²) in [5.41, 5.74) is 11.6. The Morgan fingerprint density at radius 1 is 0.857 bits per heavy atom. The topological polar surface area (TPSA) is 131 Å². The summed E-state index contributed by atoms with van der Waals surface area (Å²) < 4.78 is 5.78. The molecule has 0 radical (unpaired) electrons. The van der Waals surface area contributed by atoms with E-state index >= 15 is 0 Å². The van der Waals surface area contributed by atoms with Crippen molar-refractivity contribution >= 4 is 24.5 Å². The molecule has 5 saturated carbocycles. The molecule has 9 heteroatoms. The van der Waals surface area contributed by atoms with E-state index in [0.717, 1.165) is 83.7 Å². The number of hydrogen-bond acceptors (Lipinski definition) is 6. The highest BCUT2D eigenvalue weighted by Crippen LogP contribution is 2.52. The monoisotopic (exact) mass is 680 g/mol. The third kappa shape index (κ3) is 9.24. The molecule has 0 spiro atoms. The molecule has 7 rings (SSSR count). The van der Waals surface area contributed by atoms with Crippen molar-refractivity contribution in [3.63, 3.8) is 0 Å². The number of unbranched alkanes of at least 4 members (excludes halogenated alkanes) is 5. The maximum atomic E-state index is 13.6. The molecule has 3 amide bonds. The summed E-state index contributed by atoms with van der Waals surface area (Å²) in [5, 5.41) is 6.52. The van der Waals surface area contributed by atoms with Crippen molar-refractivity contribution in [2.75, 3.05) is 19.7 Å². The Morgan fingerprint density at radius 3 is 2.10 bits per heavy atom. The highest BCUT2D eigenvalue weighted by atomic mass is 16.5. The normalized spacial score (nSPS) is 31.5. The van der Waals surface area contributed by atoms with Gasteiger partial charge in [0.05, 0.1) is 18.2 Å². The fraction of sp³-hybridized carbons (Fsp3) is 0.800. The van der Waals surface area contributed by atoms with Gasteiger partial charge in [0.1, 0.15) is 13.4 Å². The Morgan fingerprint density at radius 2 is 1.47 bits per heavy atom. The molecule has 6 aliphatic carbocycles. The van der Waals surface area contributed by atoms with Crippen LogP contribution in [0.3, 0.4) is 0 Å². The second kappa shape index (κ2) is 18.1. The minimum atomic E-state index is -0.0389. The molecule has 4 N–H and O–H groups in total. The van der Waals surface area contributed by atoms with E-state index in [1.807, 2.05) is 6.79 Å². The Labute approximate surface area is 295 Å². The summed E-state index contributed by atoms with van der Waals surface area (Å²) in [6.07, 6.45) is 21.2. The molecule has 0 aromatic carbocycles. The number of nitrogens with zero attached hydrogens (tertiary/aromatic N) is 1. The van der Waals surface area contributed by atoms with Crippen LogP contribution in [0.2, 0.25) is 0 Å². The molecule has 0 aromatic rings. The molecule has 7 aliphatic rings. The van der Waals surface area contributed by atoms with Gasteiger partial charge in [-0.15, -0.1) is 0 Å². The highest BCUT2D eigenvalue weighted by Gasteiger charge is 2.44. The van der Waals surface area contributed by atoms with Crippen LogP contribution < -0.4 is 16.4 Å². The van der Waals surface area contributed by atoms with Crippen molar-refractivity contribution in [2.45, 2.75) is 160 Å². The number of allylic oxidation sites excluding steroid dienone is 2. The zero-order valence-corrected chi connectivity index (χ0v) is 30.4. The quantitative estimate of drug-likeness (QED) is 0.174. The lowest BCUT2D eigenvalue weighted by Crippen LogP contribution is -2.55. The van der Waals surface area contributed by atoms with E-state index in [-0.39, 0.29) is 48.4 Å². The van der Waals surface area contributed by atoms with Gasteiger partial charge in [-0.1, -0.05) is 57.1 Å². The molecular weight excluding hydrogens is 616 g/mol. The number of fused-ring (bicyclic) bond motifs is 5. The summed E-state index contributed by atoms with van der Waals surface area (Å²) in [6.45, 7) is 8.41. The lowest BCUT2D eigenvalue weighted by Gasteiger charge is -2.41. The van der Waals surface area contributed by atoms with Crippen molar-refractivity contribution in [3.05, 3.63) is 22.3 Å². The van der Waals surface area contributed by atoms with Gasteiger partial charge in [-0.3, -0.25) is 14.4 Å². The van der Waals surface area contributed by atoms with Gasteiger partial charge in [0.15, 0.2) is 0 Å². The average molecular weight is 681 g/mol. The first kappa shape index (κ1) is 37.7. The number of hydrogen-bond donors (Lipinski definition) is 3. The van der Waals surface area contributed by atoms with Crippen molar-refractivity contribution in [1.82, 2.24) is 15.5 Å². The van der Waals surface area contributed by atoms with Gasteiger partial charge in [-0.25, -0.2) is 0 Å². The van der Waals surface area contributed by atoms with Crippen LogP contribution in [-0.4, -0.2) is 73.3 Å². The van der Waals surface area contributed by atoms with Crippen LogP contribution in [0.1, 0.15) is 136 Å². The van der Waals surface area contributed by atoms with Crippen LogP contribution in [0, 0.1) is 23.7 Å². The standard InChI is InChI=1S/C31H43N3O4.C8H19N.CH2O/c1-17-22-9-10-23(17)25-12-11-24(22)29(25)33-30(36)19-4-2-18(3-5-19)15-34(21-7-8-21)31(37)20-6-13-26-27(14-20)38-16-28(35)32-26;1-2-3-4-5-6-7-8-9;1-2/h17-21,26-27,29H,2-16H2,1H3,(H,32,35)(H,33,36);2-9H2,1H3;1H2. The van der Waals surface area contributed by atoms with Crippen LogP contribution in [0.25, 0.3) is 0 Å². The van der Waals surface area contributed by atoms with Crippen LogP contribution in [0.15, 0.2) is 22.3 Å². The molecule has 3 unspecified atom stereocenters. The molecule has 1 heterocycles. The number of carbonyl (C=O) groups is 4. The minimum absolute atomic E-state index is 0.00332. The Balaban J connectivity index is 0.000000373. The Kier molecular flexibility index (Phi) is 13.9. The highest BCUT2D eigenvalue weighted by molar-refractivity contribution is 5.81. The van der Waals surface area contributed by atoms with Crippen molar-refractivity contribution < 1.29 is 23.9 Å². The fourth-order valence-electron chi connectivity index (χ4n) is 9.67. The molecule has 3 atom stereocenters. The summed E-state index contributed by atoms with van der Waals surface area (Å²) in [6, 6.07) is 0.660.